The normalized spacial score (nSPS) is 16.4. The van der Waals surface area contributed by atoms with Gasteiger partial charge >= 0.3 is 11.8 Å². The van der Waals surface area contributed by atoms with Crippen molar-refractivity contribution in [2.75, 3.05) is 0 Å². The number of phenols is 1. The van der Waals surface area contributed by atoms with E-state index in [1.165, 1.54) is 18.2 Å². The lowest BCUT2D eigenvalue weighted by atomic mass is 10.1. The van der Waals surface area contributed by atoms with Gasteiger partial charge in [0.2, 0.25) is 0 Å². The molecule has 2 amide bonds. The molecular formula is C14H7Cl4NO3. The molecule has 22 heavy (non-hydrogen) atoms. The number of aromatic hydroxyl groups is 1. The number of benzene rings is 2. The van der Waals surface area contributed by atoms with Gasteiger partial charge in [-0.25, -0.2) is 9.59 Å². The molecule has 8 heteroatoms. The number of hydrogen-bond acceptors (Lipinski definition) is 3. The Bertz CT molecular complexity index is 807. The van der Waals surface area contributed by atoms with Crippen LogP contribution in [-0.2, 0) is 0 Å². The zero-order valence-electron chi connectivity index (χ0n) is 10.7. The summed E-state index contributed by atoms with van der Waals surface area (Å²) in [6.45, 7) is 0. The summed E-state index contributed by atoms with van der Waals surface area (Å²) in [5.74, 6) is -1.05. The van der Waals surface area contributed by atoms with E-state index < -0.39 is 11.8 Å². The van der Waals surface area contributed by atoms with E-state index in [2.05, 4.69) is 0 Å². The lowest BCUT2D eigenvalue weighted by Crippen LogP contribution is -3.10. The molecular weight excluding hydrogens is 372 g/mol. The first kappa shape index (κ1) is 17.1. The molecule has 0 saturated heterocycles. The molecule has 2 aromatic carbocycles. The maximum atomic E-state index is 12.5. The average Bonchev–Trinajstić information content (AvgIpc) is 2.68. The maximum absolute atomic E-state index is 12.5. The smallest absolute Gasteiger partial charge is 0.359 e. The fourth-order valence-electron chi connectivity index (χ4n) is 2.28. The number of hydrogen-bond donors (Lipinski definition) is 2. The van der Waals surface area contributed by atoms with Crippen molar-refractivity contribution < 1.29 is 32.0 Å². The molecule has 0 aliphatic carbocycles. The van der Waals surface area contributed by atoms with Gasteiger partial charge in [-0.2, -0.15) is 4.90 Å². The third kappa shape index (κ3) is 2.47. The van der Waals surface area contributed by atoms with E-state index >= 15 is 0 Å². The predicted octanol–water partition coefficient (Wildman–Crippen LogP) is -0.133. The van der Waals surface area contributed by atoms with Crippen molar-refractivity contribution in [3.8, 4) is 5.75 Å². The SMILES string of the molecule is O=C1c2cc(Cl)c(Cl)c(Cl)c2C(=O)[NH+]1c1cccc(O)c1.[Cl-]. The van der Waals surface area contributed by atoms with Gasteiger partial charge in [-0.05, 0) is 12.1 Å². The topological polar surface area (TPSA) is 58.8 Å². The average molecular weight is 379 g/mol. The van der Waals surface area contributed by atoms with E-state index in [0.717, 1.165) is 0 Å². The minimum absolute atomic E-state index is 0. The standard InChI is InChI=1S/C14H6Cl3NO3.ClH/c15-9-5-8-10(12(17)11(9)16)14(21)18(13(8)20)6-2-1-3-7(19)4-6;/h1-5,19H;1H. The molecule has 1 aliphatic heterocycles. The summed E-state index contributed by atoms with van der Waals surface area (Å²) in [6.07, 6.45) is 0. The largest absolute Gasteiger partial charge is 1.00 e. The Labute approximate surface area is 146 Å². The molecule has 0 saturated carbocycles. The Hall–Kier alpha value is -1.30. The Morgan fingerprint density at radius 3 is 2.27 bits per heavy atom. The van der Waals surface area contributed by atoms with Crippen LogP contribution in [0.1, 0.15) is 20.7 Å². The van der Waals surface area contributed by atoms with Gasteiger partial charge in [-0.1, -0.05) is 40.9 Å². The molecule has 1 atom stereocenters. The number of rotatable bonds is 1. The third-order valence-electron chi connectivity index (χ3n) is 3.22. The first-order valence-electron chi connectivity index (χ1n) is 5.85. The first-order chi connectivity index (χ1) is 9.91. The van der Waals surface area contributed by atoms with Crippen molar-refractivity contribution in [3.63, 3.8) is 0 Å². The van der Waals surface area contributed by atoms with Crippen molar-refractivity contribution in [2.45, 2.75) is 0 Å². The van der Waals surface area contributed by atoms with Crippen LogP contribution >= 0.6 is 34.8 Å². The minimum atomic E-state index is -0.524. The van der Waals surface area contributed by atoms with Crippen LogP contribution in [0.4, 0.5) is 5.69 Å². The van der Waals surface area contributed by atoms with E-state index in [9.17, 15) is 14.7 Å². The quantitative estimate of drug-likeness (QED) is 0.536. The molecule has 1 unspecified atom stereocenters. The van der Waals surface area contributed by atoms with Crippen molar-refractivity contribution in [2.24, 2.45) is 0 Å². The molecule has 0 spiro atoms. The van der Waals surface area contributed by atoms with Crippen molar-refractivity contribution in [1.29, 1.82) is 0 Å². The molecule has 3 rings (SSSR count). The first-order valence-corrected chi connectivity index (χ1v) is 6.98. The summed E-state index contributed by atoms with van der Waals surface area (Å²) in [7, 11) is 0. The van der Waals surface area contributed by atoms with E-state index in [1.54, 1.807) is 12.1 Å². The van der Waals surface area contributed by atoms with E-state index in [-0.39, 0.29) is 49.3 Å². The summed E-state index contributed by atoms with van der Waals surface area (Å²) in [5, 5.41) is 9.61. The highest BCUT2D eigenvalue weighted by Crippen LogP contribution is 2.36. The second-order valence-electron chi connectivity index (χ2n) is 4.49. The molecule has 1 heterocycles. The van der Waals surface area contributed by atoms with Gasteiger partial charge in [0.1, 0.15) is 22.6 Å². The maximum Gasteiger partial charge on any atom is 0.359 e. The number of amides is 2. The van der Waals surface area contributed by atoms with Gasteiger partial charge in [0.05, 0.1) is 15.1 Å². The minimum Gasteiger partial charge on any atom is -1.00 e. The number of quaternary nitrogens is 1. The van der Waals surface area contributed by atoms with Gasteiger partial charge < -0.3 is 17.5 Å². The monoisotopic (exact) mass is 377 g/mol. The summed E-state index contributed by atoms with van der Waals surface area (Å²) in [4.78, 5) is 24.9. The molecule has 1 aliphatic rings. The van der Waals surface area contributed by atoms with Gasteiger partial charge in [0.25, 0.3) is 0 Å². The fraction of sp³-hybridized carbons (Fsp3) is 0. The number of halogens is 4. The van der Waals surface area contributed by atoms with E-state index in [4.69, 9.17) is 34.8 Å². The number of carbonyl (C=O) groups excluding carboxylic acids is 2. The predicted molar refractivity (Wildman–Crippen MR) is 78.9 cm³/mol. The molecule has 114 valence electrons. The van der Waals surface area contributed by atoms with Crippen LogP contribution in [-0.4, -0.2) is 16.9 Å². The molecule has 0 radical (unpaired) electrons. The third-order valence-corrected chi connectivity index (χ3v) is 4.49. The summed E-state index contributed by atoms with van der Waals surface area (Å²) >= 11 is 17.9. The molecule has 2 N–H and O–H groups in total. The van der Waals surface area contributed by atoms with Gasteiger partial charge in [-0.15, -0.1) is 0 Å². The summed E-state index contributed by atoms with van der Waals surface area (Å²) < 4.78 is 0. The number of phenolic OH excluding ortho intramolecular Hbond substituents is 1. The van der Waals surface area contributed by atoms with Crippen molar-refractivity contribution in [1.82, 2.24) is 0 Å². The highest BCUT2D eigenvalue weighted by atomic mass is 35.5. The van der Waals surface area contributed by atoms with Crippen LogP contribution in [0.25, 0.3) is 0 Å². The Kier molecular flexibility index (Phi) is 4.70. The van der Waals surface area contributed by atoms with E-state index in [1.807, 2.05) is 0 Å². The zero-order chi connectivity index (χ0) is 15.3. The summed E-state index contributed by atoms with van der Waals surface area (Å²) in [5.41, 5.74) is 0.497. The molecule has 0 aromatic heterocycles. The Morgan fingerprint density at radius 2 is 1.64 bits per heavy atom. The molecule has 0 fully saturated rings. The Balaban J connectivity index is 0.00000176. The lowest BCUT2D eigenvalue weighted by molar-refractivity contribution is -0.640. The van der Waals surface area contributed by atoms with Crippen LogP contribution < -0.4 is 17.3 Å². The summed E-state index contributed by atoms with van der Waals surface area (Å²) in [6, 6.07) is 7.23. The van der Waals surface area contributed by atoms with Gasteiger partial charge in [0, 0.05) is 12.1 Å². The lowest BCUT2D eigenvalue weighted by Gasteiger charge is -2.06. The van der Waals surface area contributed by atoms with E-state index in [0.29, 0.717) is 5.69 Å². The van der Waals surface area contributed by atoms with Crippen LogP contribution in [0.5, 0.6) is 5.75 Å². The number of fused-ring (bicyclic) bond motifs is 1. The number of imide groups is 1. The second-order valence-corrected chi connectivity index (χ2v) is 5.66. The van der Waals surface area contributed by atoms with Crippen LogP contribution in [0.3, 0.4) is 0 Å². The highest BCUT2D eigenvalue weighted by Gasteiger charge is 2.46. The van der Waals surface area contributed by atoms with Crippen molar-refractivity contribution >= 4 is 52.3 Å². The second kappa shape index (κ2) is 6.07. The van der Waals surface area contributed by atoms with Crippen LogP contribution in [0.2, 0.25) is 15.1 Å². The molecule has 0 bridgehead atoms. The van der Waals surface area contributed by atoms with Crippen LogP contribution in [0, 0.1) is 0 Å². The fourth-order valence-corrected chi connectivity index (χ4v) is 2.97. The van der Waals surface area contributed by atoms with Gasteiger partial charge in [-0.3, -0.25) is 0 Å². The molecule has 4 nitrogen and oxygen atoms in total. The highest BCUT2D eigenvalue weighted by molar-refractivity contribution is 6.50. The zero-order valence-corrected chi connectivity index (χ0v) is 13.7. The number of carbonyl (C=O) groups is 2. The van der Waals surface area contributed by atoms with Crippen LogP contribution in [0.15, 0.2) is 30.3 Å². The number of nitrogens with one attached hydrogen (secondary N) is 1. The van der Waals surface area contributed by atoms with Gasteiger partial charge in [0.15, 0.2) is 0 Å². The van der Waals surface area contributed by atoms with Crippen molar-refractivity contribution in [3.05, 3.63) is 56.5 Å². The Morgan fingerprint density at radius 1 is 0.955 bits per heavy atom. The molecule has 2 aromatic rings.